The smallest absolute Gasteiger partial charge is 0.214 e. The van der Waals surface area contributed by atoms with Crippen molar-refractivity contribution in [2.75, 3.05) is 5.75 Å². The first-order valence-corrected chi connectivity index (χ1v) is 7.50. The quantitative estimate of drug-likeness (QED) is 0.623. The van der Waals surface area contributed by atoms with Gasteiger partial charge in [-0.3, -0.25) is 0 Å². The zero-order valence-corrected chi connectivity index (χ0v) is 11.8. The summed E-state index contributed by atoms with van der Waals surface area (Å²) >= 11 is 1.67. The number of unbranched alkanes of at least 4 members (excludes halogenated alkanes) is 3. The van der Waals surface area contributed by atoms with Gasteiger partial charge in [-0.15, -0.1) is 5.10 Å². The minimum absolute atomic E-state index is 0.241. The van der Waals surface area contributed by atoms with Crippen molar-refractivity contribution in [1.82, 2.24) is 20.2 Å². The maximum absolute atomic E-state index is 9.28. The molecule has 2 aromatic rings. The first kappa shape index (κ1) is 13.9. The summed E-state index contributed by atoms with van der Waals surface area (Å²) in [6.07, 6.45) is 4.96. The normalized spacial score (nSPS) is 10.8. The summed E-state index contributed by atoms with van der Waals surface area (Å²) in [7, 11) is 0. The number of aromatic hydroxyl groups is 1. The highest BCUT2D eigenvalue weighted by atomic mass is 32.2. The molecule has 0 aliphatic heterocycles. The van der Waals surface area contributed by atoms with Gasteiger partial charge < -0.3 is 5.11 Å². The molecule has 1 aromatic carbocycles. The van der Waals surface area contributed by atoms with Crippen molar-refractivity contribution in [1.29, 1.82) is 0 Å². The van der Waals surface area contributed by atoms with Gasteiger partial charge in [-0.1, -0.05) is 37.9 Å². The molecule has 1 heterocycles. The van der Waals surface area contributed by atoms with E-state index < -0.39 is 0 Å². The van der Waals surface area contributed by atoms with Gasteiger partial charge in [0, 0.05) is 5.75 Å². The SMILES string of the molecule is CCCCCCSc1nnnn1-c1ccc(O)cc1. The molecule has 6 heteroatoms. The van der Waals surface area contributed by atoms with E-state index in [-0.39, 0.29) is 5.75 Å². The minimum Gasteiger partial charge on any atom is -0.508 e. The fraction of sp³-hybridized carbons (Fsp3) is 0.462. The van der Waals surface area contributed by atoms with Crippen LogP contribution in [0.4, 0.5) is 0 Å². The lowest BCUT2D eigenvalue weighted by atomic mass is 10.2. The second kappa shape index (κ2) is 7.13. The molecule has 5 nitrogen and oxygen atoms in total. The number of hydrogen-bond donors (Lipinski definition) is 1. The first-order chi connectivity index (χ1) is 9.31. The number of aromatic nitrogens is 4. The van der Waals surface area contributed by atoms with Crippen LogP contribution in [-0.2, 0) is 0 Å². The Kier molecular flexibility index (Phi) is 5.20. The van der Waals surface area contributed by atoms with E-state index in [0.717, 1.165) is 16.6 Å². The van der Waals surface area contributed by atoms with Crippen molar-refractivity contribution < 1.29 is 5.11 Å². The van der Waals surface area contributed by atoms with Crippen molar-refractivity contribution in [3.05, 3.63) is 24.3 Å². The number of hydrogen-bond acceptors (Lipinski definition) is 5. The van der Waals surface area contributed by atoms with E-state index in [9.17, 15) is 5.11 Å². The molecule has 1 N–H and O–H groups in total. The van der Waals surface area contributed by atoms with Crippen LogP contribution in [0.2, 0.25) is 0 Å². The number of phenolic OH excluding ortho intramolecular Hbond substituents is 1. The Bertz CT molecular complexity index is 498. The van der Waals surface area contributed by atoms with Gasteiger partial charge in [0.1, 0.15) is 5.75 Å². The van der Waals surface area contributed by atoms with Gasteiger partial charge in [-0.05, 0) is 41.1 Å². The molecule has 0 saturated carbocycles. The molecule has 0 unspecified atom stereocenters. The van der Waals surface area contributed by atoms with Crippen molar-refractivity contribution in [2.45, 2.75) is 37.8 Å². The van der Waals surface area contributed by atoms with Crippen LogP contribution < -0.4 is 0 Å². The molecule has 0 saturated heterocycles. The van der Waals surface area contributed by atoms with Crippen molar-refractivity contribution in [3.8, 4) is 11.4 Å². The molecule has 2 rings (SSSR count). The van der Waals surface area contributed by atoms with Gasteiger partial charge in [-0.2, -0.15) is 4.68 Å². The van der Waals surface area contributed by atoms with E-state index in [1.54, 1.807) is 40.7 Å². The lowest BCUT2D eigenvalue weighted by Gasteiger charge is -2.04. The monoisotopic (exact) mass is 278 g/mol. The summed E-state index contributed by atoms with van der Waals surface area (Å²) in [6.45, 7) is 2.21. The average molecular weight is 278 g/mol. The van der Waals surface area contributed by atoms with E-state index in [0.29, 0.717) is 0 Å². The van der Waals surface area contributed by atoms with Crippen LogP contribution in [0, 0.1) is 0 Å². The number of thioether (sulfide) groups is 1. The van der Waals surface area contributed by atoms with Crippen LogP contribution in [0.3, 0.4) is 0 Å². The summed E-state index contributed by atoms with van der Waals surface area (Å²) in [5.41, 5.74) is 0.860. The minimum atomic E-state index is 0.241. The number of rotatable bonds is 7. The number of nitrogens with zero attached hydrogens (tertiary/aromatic N) is 4. The van der Waals surface area contributed by atoms with Crippen molar-refractivity contribution in [3.63, 3.8) is 0 Å². The van der Waals surface area contributed by atoms with E-state index in [1.807, 2.05) is 0 Å². The largest absolute Gasteiger partial charge is 0.508 e. The first-order valence-electron chi connectivity index (χ1n) is 6.52. The Labute approximate surface area is 117 Å². The van der Waals surface area contributed by atoms with Crippen LogP contribution in [0.5, 0.6) is 5.75 Å². The standard InChI is InChI=1S/C13H18N4OS/c1-2-3-4-5-10-19-13-14-15-16-17(13)11-6-8-12(18)9-7-11/h6-9,18H,2-5,10H2,1H3. The third-order valence-corrected chi connectivity index (χ3v) is 3.77. The molecule has 0 atom stereocenters. The molecule has 102 valence electrons. The van der Waals surface area contributed by atoms with Gasteiger partial charge in [-0.25, -0.2) is 0 Å². The second-order valence-electron chi connectivity index (χ2n) is 4.30. The van der Waals surface area contributed by atoms with Gasteiger partial charge in [0.2, 0.25) is 5.16 Å². The number of benzene rings is 1. The van der Waals surface area contributed by atoms with E-state index in [1.165, 1.54) is 25.7 Å². The second-order valence-corrected chi connectivity index (χ2v) is 5.36. The molecule has 0 fully saturated rings. The Hall–Kier alpha value is -1.56. The van der Waals surface area contributed by atoms with E-state index in [4.69, 9.17) is 0 Å². The lowest BCUT2D eigenvalue weighted by Crippen LogP contribution is -1.99. The van der Waals surface area contributed by atoms with E-state index in [2.05, 4.69) is 22.4 Å². The summed E-state index contributed by atoms with van der Waals surface area (Å²) in [5.74, 6) is 1.27. The zero-order chi connectivity index (χ0) is 13.5. The molecular formula is C13H18N4OS. The van der Waals surface area contributed by atoms with Crippen molar-refractivity contribution in [2.24, 2.45) is 0 Å². The molecule has 0 aliphatic rings. The summed E-state index contributed by atoms with van der Waals surface area (Å²) in [6, 6.07) is 6.86. The molecule has 0 aliphatic carbocycles. The Morgan fingerprint density at radius 1 is 1.16 bits per heavy atom. The fourth-order valence-corrected chi connectivity index (χ4v) is 2.61. The highest BCUT2D eigenvalue weighted by molar-refractivity contribution is 7.99. The van der Waals surface area contributed by atoms with Crippen LogP contribution in [0.25, 0.3) is 5.69 Å². The predicted molar refractivity (Wildman–Crippen MR) is 75.7 cm³/mol. The molecule has 0 bridgehead atoms. The number of phenols is 1. The maximum Gasteiger partial charge on any atom is 0.214 e. The maximum atomic E-state index is 9.28. The number of tetrazole rings is 1. The predicted octanol–water partition coefficient (Wildman–Crippen LogP) is 3.04. The molecule has 0 spiro atoms. The molecular weight excluding hydrogens is 260 g/mol. The topological polar surface area (TPSA) is 63.8 Å². The fourth-order valence-electron chi connectivity index (χ4n) is 1.72. The Morgan fingerprint density at radius 2 is 1.95 bits per heavy atom. The average Bonchev–Trinajstić information content (AvgIpc) is 2.88. The van der Waals surface area contributed by atoms with Crippen LogP contribution in [0.15, 0.2) is 29.4 Å². The molecule has 19 heavy (non-hydrogen) atoms. The summed E-state index contributed by atoms with van der Waals surface area (Å²) in [4.78, 5) is 0. The van der Waals surface area contributed by atoms with Gasteiger partial charge >= 0.3 is 0 Å². The van der Waals surface area contributed by atoms with E-state index >= 15 is 0 Å². The molecule has 0 radical (unpaired) electrons. The van der Waals surface area contributed by atoms with Crippen LogP contribution in [0.1, 0.15) is 32.6 Å². The lowest BCUT2D eigenvalue weighted by molar-refractivity contribution is 0.475. The van der Waals surface area contributed by atoms with Crippen LogP contribution in [-0.4, -0.2) is 31.1 Å². The molecule has 1 aromatic heterocycles. The van der Waals surface area contributed by atoms with Crippen molar-refractivity contribution >= 4 is 11.8 Å². The third-order valence-electron chi connectivity index (χ3n) is 2.76. The Balaban J connectivity index is 1.96. The van der Waals surface area contributed by atoms with Crippen LogP contribution >= 0.6 is 11.8 Å². The highest BCUT2D eigenvalue weighted by Crippen LogP contribution is 2.21. The summed E-state index contributed by atoms with van der Waals surface area (Å²) in [5, 5.41) is 21.8. The highest BCUT2D eigenvalue weighted by Gasteiger charge is 2.08. The van der Waals surface area contributed by atoms with Gasteiger partial charge in [0.15, 0.2) is 0 Å². The summed E-state index contributed by atoms with van der Waals surface area (Å²) < 4.78 is 1.70. The van der Waals surface area contributed by atoms with Gasteiger partial charge in [0.25, 0.3) is 0 Å². The third kappa shape index (κ3) is 3.96. The van der Waals surface area contributed by atoms with Gasteiger partial charge in [0.05, 0.1) is 5.69 Å². The zero-order valence-electron chi connectivity index (χ0n) is 11.0. The molecule has 0 amide bonds. The Morgan fingerprint density at radius 3 is 2.68 bits per heavy atom.